The van der Waals surface area contributed by atoms with E-state index >= 15 is 0 Å². The molecule has 0 aromatic heterocycles. The first-order valence-corrected chi connectivity index (χ1v) is 16.3. The number of rotatable bonds is 12. The minimum atomic E-state index is -1.80. The third-order valence-corrected chi connectivity index (χ3v) is 8.54. The number of carbonyl (C=O) groups is 3. The average Bonchev–Trinajstić information content (AvgIpc) is 3.06. The van der Waals surface area contributed by atoms with E-state index in [9.17, 15) is 19.5 Å². The van der Waals surface area contributed by atoms with Crippen molar-refractivity contribution < 1.29 is 33.7 Å². The van der Waals surface area contributed by atoms with Gasteiger partial charge in [-0.15, -0.1) is 0 Å². The zero-order valence-corrected chi connectivity index (χ0v) is 27.8. The van der Waals surface area contributed by atoms with Crippen LogP contribution in [0.3, 0.4) is 0 Å². The molecule has 0 saturated heterocycles. The smallest absolute Gasteiger partial charge is 0.235 e. The lowest BCUT2D eigenvalue weighted by atomic mass is 9.61. The van der Waals surface area contributed by atoms with Gasteiger partial charge in [0.25, 0.3) is 0 Å². The number of halogens is 1. The van der Waals surface area contributed by atoms with Crippen molar-refractivity contribution in [2.24, 2.45) is 11.8 Å². The minimum Gasteiger partial charge on any atom is -0.492 e. The number of anilines is 2. The number of benzene rings is 4. The van der Waals surface area contributed by atoms with Gasteiger partial charge in [-0.25, -0.2) is 0 Å². The molecule has 1 aliphatic rings. The Morgan fingerprint density at radius 2 is 1.40 bits per heavy atom. The molecular weight excluding hydrogens is 632 g/mol. The topological polar surface area (TPSA) is 123 Å². The van der Waals surface area contributed by atoms with Crippen LogP contribution in [0.25, 0.3) is 0 Å². The number of amides is 2. The number of ether oxygens (including phenoxy) is 3. The highest BCUT2D eigenvalue weighted by Crippen LogP contribution is 2.47. The third-order valence-electron chi connectivity index (χ3n) is 8.28. The van der Waals surface area contributed by atoms with Crippen molar-refractivity contribution in [2.75, 3.05) is 23.8 Å². The molecule has 0 bridgehead atoms. The molecule has 10 heteroatoms. The fourth-order valence-electron chi connectivity index (χ4n) is 6.17. The van der Waals surface area contributed by atoms with E-state index in [1.54, 1.807) is 84.9 Å². The van der Waals surface area contributed by atoms with Gasteiger partial charge in [0.15, 0.2) is 0 Å². The molecule has 1 saturated carbocycles. The van der Waals surface area contributed by atoms with Crippen LogP contribution in [0, 0.1) is 11.8 Å². The SMILES string of the molecule is CCOc1ccccc1NC(=O)C1C(=O)CC(C)(O)C(C(=O)Nc2ccccc2OCC)C1c1cccc(OCc2ccc(Cl)cc2)c1. The second-order valence-corrected chi connectivity index (χ2v) is 12.2. The van der Waals surface area contributed by atoms with Crippen molar-refractivity contribution in [1.29, 1.82) is 0 Å². The quantitative estimate of drug-likeness (QED) is 0.138. The Kier molecular flexibility index (Phi) is 11.0. The molecular formula is C38H39ClN2O7. The summed E-state index contributed by atoms with van der Waals surface area (Å²) in [6, 6.07) is 28.1. The average molecular weight is 671 g/mol. The van der Waals surface area contributed by atoms with Gasteiger partial charge in [-0.2, -0.15) is 0 Å². The molecule has 5 rings (SSSR count). The molecule has 1 fully saturated rings. The Balaban J connectivity index is 1.55. The van der Waals surface area contributed by atoms with Gasteiger partial charge in [0, 0.05) is 17.4 Å². The minimum absolute atomic E-state index is 0.234. The van der Waals surface area contributed by atoms with Crippen molar-refractivity contribution >= 4 is 40.6 Å². The first kappa shape index (κ1) is 34.5. The lowest BCUT2D eigenvalue weighted by molar-refractivity contribution is -0.150. The normalized spacial score (nSPS) is 20.4. The molecule has 0 spiro atoms. The van der Waals surface area contributed by atoms with E-state index in [1.165, 1.54) is 6.92 Å². The van der Waals surface area contributed by atoms with E-state index in [2.05, 4.69) is 10.6 Å². The number of hydrogen-bond donors (Lipinski definition) is 3. The summed E-state index contributed by atoms with van der Waals surface area (Å²) < 4.78 is 17.5. The standard InChI is InChI=1S/C38H39ClN2O7/c1-4-46-31-15-8-6-13-28(31)40-36(43)34-30(42)22-38(3,45)35(37(44)41-29-14-7-9-16-32(29)47-5-2)33(34)25-11-10-12-27(21-25)48-23-24-17-19-26(39)20-18-24/h6-21,33-35,45H,4-5,22-23H2,1-3H3,(H,40,43)(H,41,44). The molecule has 2 amide bonds. The van der Waals surface area contributed by atoms with Crippen molar-refractivity contribution in [3.8, 4) is 17.2 Å². The molecule has 4 aromatic carbocycles. The second-order valence-electron chi connectivity index (χ2n) is 11.8. The van der Waals surface area contributed by atoms with Crippen molar-refractivity contribution in [3.05, 3.63) is 113 Å². The molecule has 1 aliphatic carbocycles. The molecule has 3 N–H and O–H groups in total. The molecule has 48 heavy (non-hydrogen) atoms. The van der Waals surface area contributed by atoms with E-state index in [1.807, 2.05) is 26.0 Å². The van der Waals surface area contributed by atoms with Crippen LogP contribution in [0.15, 0.2) is 97.1 Å². The van der Waals surface area contributed by atoms with Crippen LogP contribution in [0.1, 0.15) is 44.2 Å². The number of Topliss-reactive ketones (excluding diaryl/α,β-unsaturated/α-hetero) is 1. The monoisotopic (exact) mass is 670 g/mol. The zero-order chi connectivity index (χ0) is 34.3. The molecule has 4 unspecified atom stereocenters. The Hall–Kier alpha value is -4.86. The molecule has 0 radical (unpaired) electrons. The lowest BCUT2D eigenvalue weighted by Gasteiger charge is -2.44. The summed E-state index contributed by atoms with van der Waals surface area (Å²) in [5, 5.41) is 18.2. The van der Waals surface area contributed by atoms with Gasteiger partial charge in [-0.1, -0.05) is 60.1 Å². The van der Waals surface area contributed by atoms with Gasteiger partial charge in [-0.05, 0) is 80.4 Å². The van der Waals surface area contributed by atoms with E-state index in [4.69, 9.17) is 25.8 Å². The van der Waals surface area contributed by atoms with Crippen LogP contribution in [0.2, 0.25) is 5.02 Å². The first-order chi connectivity index (χ1) is 23.1. The van der Waals surface area contributed by atoms with E-state index in [0.29, 0.717) is 52.4 Å². The lowest BCUT2D eigenvalue weighted by Crippen LogP contribution is -2.56. The summed E-state index contributed by atoms with van der Waals surface area (Å²) in [7, 11) is 0. The number of para-hydroxylation sites is 4. The maximum absolute atomic E-state index is 14.3. The number of ketones is 1. The number of carbonyl (C=O) groups excluding carboxylic acids is 3. The molecule has 250 valence electrons. The summed E-state index contributed by atoms with van der Waals surface area (Å²) in [6.45, 7) is 6.10. The largest absolute Gasteiger partial charge is 0.492 e. The van der Waals surface area contributed by atoms with E-state index in [-0.39, 0.29) is 6.61 Å². The number of hydrogen-bond acceptors (Lipinski definition) is 7. The van der Waals surface area contributed by atoms with Crippen molar-refractivity contribution in [1.82, 2.24) is 0 Å². The summed E-state index contributed by atoms with van der Waals surface area (Å²) in [5.41, 5.74) is 0.360. The highest BCUT2D eigenvalue weighted by Gasteiger charge is 2.56. The summed E-state index contributed by atoms with van der Waals surface area (Å²) in [6.07, 6.45) is -0.410. The number of nitrogens with one attached hydrogen (secondary N) is 2. The first-order valence-electron chi connectivity index (χ1n) is 15.9. The van der Waals surface area contributed by atoms with Crippen LogP contribution in [-0.2, 0) is 21.0 Å². The molecule has 0 heterocycles. The highest BCUT2D eigenvalue weighted by atomic mass is 35.5. The Morgan fingerprint density at radius 1 is 0.812 bits per heavy atom. The van der Waals surface area contributed by atoms with Crippen molar-refractivity contribution in [2.45, 2.75) is 45.3 Å². The van der Waals surface area contributed by atoms with Gasteiger partial charge < -0.3 is 30.0 Å². The van der Waals surface area contributed by atoms with Crippen LogP contribution in [0.4, 0.5) is 11.4 Å². The van der Waals surface area contributed by atoms with Crippen LogP contribution >= 0.6 is 11.6 Å². The number of aliphatic hydroxyl groups is 1. The predicted octanol–water partition coefficient (Wildman–Crippen LogP) is 7.03. The molecule has 4 atom stereocenters. The fraction of sp³-hybridized carbons (Fsp3) is 0.289. The van der Waals surface area contributed by atoms with E-state index < -0.39 is 47.4 Å². The summed E-state index contributed by atoms with van der Waals surface area (Å²) in [4.78, 5) is 42.3. The zero-order valence-electron chi connectivity index (χ0n) is 27.1. The van der Waals surface area contributed by atoms with Crippen molar-refractivity contribution in [3.63, 3.8) is 0 Å². The van der Waals surface area contributed by atoms with Crippen LogP contribution in [0.5, 0.6) is 17.2 Å². The van der Waals surface area contributed by atoms with E-state index in [0.717, 1.165) is 5.56 Å². The van der Waals surface area contributed by atoms with Gasteiger partial charge in [-0.3, -0.25) is 14.4 Å². The predicted molar refractivity (Wildman–Crippen MR) is 185 cm³/mol. The van der Waals surface area contributed by atoms with Gasteiger partial charge in [0.05, 0.1) is 36.1 Å². The Morgan fingerprint density at radius 3 is 2.00 bits per heavy atom. The summed E-state index contributed by atoms with van der Waals surface area (Å²) in [5.74, 6) is -3.95. The molecule has 0 aliphatic heterocycles. The Labute approximate surface area is 285 Å². The van der Waals surface area contributed by atoms with Crippen LogP contribution < -0.4 is 24.8 Å². The summed E-state index contributed by atoms with van der Waals surface area (Å²) >= 11 is 6.03. The van der Waals surface area contributed by atoms with Gasteiger partial charge in [0.2, 0.25) is 11.8 Å². The fourth-order valence-corrected chi connectivity index (χ4v) is 6.30. The Bertz CT molecular complexity index is 1760. The van der Waals surface area contributed by atoms with Gasteiger partial charge >= 0.3 is 0 Å². The molecule has 9 nitrogen and oxygen atoms in total. The maximum Gasteiger partial charge on any atom is 0.235 e. The van der Waals surface area contributed by atoms with Crippen LogP contribution in [-0.4, -0.2) is 41.5 Å². The third kappa shape index (κ3) is 7.98. The van der Waals surface area contributed by atoms with Gasteiger partial charge in [0.1, 0.15) is 35.6 Å². The highest BCUT2D eigenvalue weighted by molar-refractivity contribution is 6.30. The maximum atomic E-state index is 14.3. The molecule has 4 aromatic rings. The second kappa shape index (κ2) is 15.4.